The van der Waals surface area contributed by atoms with Crippen molar-refractivity contribution in [2.45, 2.75) is 57.8 Å². The van der Waals surface area contributed by atoms with Crippen LogP contribution in [0.5, 0.6) is 5.75 Å². The second-order valence-electron chi connectivity index (χ2n) is 11.9. The SMILES string of the molecule is COC(=O)c1ccc2cc(-c3ccc(O)c(C45CC6CC(C)(CC(C)(C6)C4)C5)c3)ccc2c1. The van der Waals surface area contributed by atoms with E-state index in [1.54, 1.807) is 0 Å². The number of aromatic hydroxyl groups is 1. The van der Waals surface area contributed by atoms with Crippen molar-refractivity contribution in [1.29, 1.82) is 0 Å². The van der Waals surface area contributed by atoms with Gasteiger partial charge in [0.1, 0.15) is 5.75 Å². The Bertz CT molecular complexity index is 1270. The fraction of sp³-hybridized carbons (Fsp3) is 0.433. The predicted octanol–water partition coefficient (Wildman–Crippen LogP) is 7.25. The molecule has 0 heterocycles. The molecule has 7 rings (SSSR count). The van der Waals surface area contributed by atoms with Crippen molar-refractivity contribution < 1.29 is 14.6 Å². The number of carbonyl (C=O) groups excluding carboxylic acids is 1. The van der Waals surface area contributed by atoms with Crippen LogP contribution in [0.2, 0.25) is 0 Å². The van der Waals surface area contributed by atoms with Gasteiger partial charge in [-0.2, -0.15) is 0 Å². The first-order chi connectivity index (χ1) is 15.7. The Hall–Kier alpha value is -2.81. The molecule has 3 heteroatoms. The lowest BCUT2D eigenvalue weighted by Crippen LogP contribution is -2.56. The number of hydrogen-bond donors (Lipinski definition) is 1. The van der Waals surface area contributed by atoms with Crippen molar-refractivity contribution in [1.82, 2.24) is 0 Å². The third kappa shape index (κ3) is 3.27. The number of esters is 1. The molecule has 4 fully saturated rings. The first-order valence-electron chi connectivity index (χ1n) is 12.2. The summed E-state index contributed by atoms with van der Waals surface area (Å²) < 4.78 is 4.85. The summed E-state index contributed by atoms with van der Waals surface area (Å²) in [4.78, 5) is 11.9. The summed E-state index contributed by atoms with van der Waals surface area (Å²) in [5, 5.41) is 13.1. The molecule has 3 aromatic rings. The zero-order valence-corrected chi connectivity index (χ0v) is 19.8. The molecule has 4 bridgehead atoms. The molecule has 0 amide bonds. The first kappa shape index (κ1) is 20.8. The number of methoxy groups -OCH3 is 1. The normalized spacial score (nSPS) is 32.3. The van der Waals surface area contributed by atoms with Crippen LogP contribution in [0, 0.1) is 16.7 Å². The highest BCUT2D eigenvalue weighted by molar-refractivity contribution is 5.96. The highest BCUT2D eigenvalue weighted by atomic mass is 16.5. The van der Waals surface area contributed by atoms with E-state index in [-0.39, 0.29) is 11.4 Å². The lowest BCUT2D eigenvalue weighted by Gasteiger charge is -2.65. The maximum absolute atomic E-state index is 11.9. The van der Waals surface area contributed by atoms with Crippen LogP contribution in [0.4, 0.5) is 0 Å². The van der Waals surface area contributed by atoms with E-state index in [0.717, 1.165) is 33.4 Å². The van der Waals surface area contributed by atoms with Crippen LogP contribution in [-0.2, 0) is 10.2 Å². The molecule has 3 nitrogen and oxygen atoms in total. The molecule has 4 saturated carbocycles. The van der Waals surface area contributed by atoms with E-state index in [0.29, 0.717) is 22.1 Å². The van der Waals surface area contributed by atoms with Crippen molar-refractivity contribution in [3.8, 4) is 16.9 Å². The predicted molar refractivity (Wildman–Crippen MR) is 131 cm³/mol. The molecule has 4 aliphatic carbocycles. The molecule has 3 aromatic carbocycles. The van der Waals surface area contributed by atoms with Crippen LogP contribution >= 0.6 is 0 Å². The van der Waals surface area contributed by atoms with Crippen molar-refractivity contribution in [3.63, 3.8) is 0 Å². The molecule has 0 radical (unpaired) electrons. The summed E-state index contributed by atoms with van der Waals surface area (Å²) in [6.07, 6.45) is 7.63. The van der Waals surface area contributed by atoms with Crippen LogP contribution < -0.4 is 0 Å². The number of hydrogen-bond acceptors (Lipinski definition) is 3. The summed E-state index contributed by atoms with van der Waals surface area (Å²) in [7, 11) is 1.41. The Labute approximate surface area is 195 Å². The monoisotopic (exact) mass is 440 g/mol. The van der Waals surface area contributed by atoms with Crippen molar-refractivity contribution in [2.24, 2.45) is 16.7 Å². The number of carbonyl (C=O) groups is 1. The maximum Gasteiger partial charge on any atom is 0.337 e. The highest BCUT2D eigenvalue weighted by Gasteiger charge is 2.61. The van der Waals surface area contributed by atoms with E-state index >= 15 is 0 Å². The minimum absolute atomic E-state index is 0.0925. The van der Waals surface area contributed by atoms with Gasteiger partial charge in [0.25, 0.3) is 0 Å². The van der Waals surface area contributed by atoms with E-state index in [1.165, 1.54) is 45.6 Å². The second-order valence-corrected chi connectivity index (χ2v) is 11.9. The van der Waals surface area contributed by atoms with E-state index in [2.05, 4.69) is 38.1 Å². The Balaban J connectivity index is 1.41. The van der Waals surface area contributed by atoms with E-state index < -0.39 is 0 Å². The Kier molecular flexibility index (Phi) is 4.31. The zero-order valence-electron chi connectivity index (χ0n) is 19.8. The molecule has 33 heavy (non-hydrogen) atoms. The smallest absolute Gasteiger partial charge is 0.337 e. The minimum atomic E-state index is -0.317. The number of ether oxygens (including phenoxy) is 1. The van der Waals surface area contributed by atoms with Gasteiger partial charge in [0.15, 0.2) is 0 Å². The zero-order chi connectivity index (χ0) is 23.0. The molecule has 0 spiro atoms. The Morgan fingerprint density at radius 2 is 1.48 bits per heavy atom. The first-order valence-corrected chi connectivity index (χ1v) is 12.2. The largest absolute Gasteiger partial charge is 0.508 e. The molecular weight excluding hydrogens is 408 g/mol. The molecule has 170 valence electrons. The topological polar surface area (TPSA) is 46.5 Å². The van der Waals surface area contributed by atoms with Gasteiger partial charge in [0, 0.05) is 11.0 Å². The lowest BCUT2D eigenvalue weighted by atomic mass is 9.39. The van der Waals surface area contributed by atoms with Gasteiger partial charge in [-0.25, -0.2) is 4.79 Å². The molecule has 0 aromatic heterocycles. The van der Waals surface area contributed by atoms with Crippen LogP contribution in [0.3, 0.4) is 0 Å². The lowest BCUT2D eigenvalue weighted by molar-refractivity contribution is -0.110. The number of phenolic OH excluding ortho intramolecular Hbond substituents is 1. The minimum Gasteiger partial charge on any atom is -0.508 e. The molecule has 4 aliphatic rings. The van der Waals surface area contributed by atoms with Crippen molar-refractivity contribution >= 4 is 16.7 Å². The molecular formula is C30H32O3. The van der Waals surface area contributed by atoms with Crippen molar-refractivity contribution in [3.05, 3.63) is 65.7 Å². The van der Waals surface area contributed by atoms with Crippen LogP contribution in [0.1, 0.15) is 68.3 Å². The average Bonchev–Trinajstić information content (AvgIpc) is 2.75. The van der Waals surface area contributed by atoms with Gasteiger partial charge >= 0.3 is 5.97 Å². The van der Waals surface area contributed by atoms with Crippen LogP contribution in [0.15, 0.2) is 54.6 Å². The van der Waals surface area contributed by atoms with E-state index in [1.807, 2.05) is 30.3 Å². The second kappa shape index (κ2) is 6.85. The Morgan fingerprint density at radius 1 is 0.848 bits per heavy atom. The molecule has 0 aliphatic heterocycles. The molecule has 0 saturated heterocycles. The fourth-order valence-electron chi connectivity index (χ4n) is 8.56. The number of fused-ring (bicyclic) bond motifs is 1. The van der Waals surface area contributed by atoms with Gasteiger partial charge < -0.3 is 9.84 Å². The van der Waals surface area contributed by atoms with Crippen molar-refractivity contribution in [2.75, 3.05) is 7.11 Å². The highest BCUT2D eigenvalue weighted by Crippen LogP contribution is 2.70. The third-order valence-electron chi connectivity index (χ3n) is 8.79. The Morgan fingerprint density at radius 3 is 2.18 bits per heavy atom. The standard InChI is InChI=1S/C30H32O3/c1-28-13-19-14-29(2,16-28)18-30(15-19,17-28)25-12-23(8-9-26(25)31)21-4-5-22-11-24(27(32)33-3)7-6-20(22)10-21/h4-12,19,31H,13-18H2,1-3H3. The number of phenols is 1. The summed E-state index contributed by atoms with van der Waals surface area (Å²) in [6, 6.07) is 18.2. The van der Waals surface area contributed by atoms with Gasteiger partial charge in [-0.05, 0) is 108 Å². The van der Waals surface area contributed by atoms with Gasteiger partial charge in [-0.3, -0.25) is 0 Å². The van der Waals surface area contributed by atoms with Gasteiger partial charge in [0.05, 0.1) is 12.7 Å². The summed E-state index contributed by atoms with van der Waals surface area (Å²) in [6.45, 7) is 4.97. The summed E-state index contributed by atoms with van der Waals surface area (Å²) in [5.41, 5.74) is 4.89. The van der Waals surface area contributed by atoms with E-state index in [4.69, 9.17) is 4.74 Å². The van der Waals surface area contributed by atoms with Gasteiger partial charge in [-0.15, -0.1) is 0 Å². The molecule has 1 N–H and O–H groups in total. The fourth-order valence-corrected chi connectivity index (χ4v) is 8.56. The number of benzene rings is 3. The van der Waals surface area contributed by atoms with Crippen LogP contribution in [0.25, 0.3) is 21.9 Å². The van der Waals surface area contributed by atoms with E-state index in [9.17, 15) is 9.90 Å². The average molecular weight is 441 g/mol. The maximum atomic E-state index is 11.9. The van der Waals surface area contributed by atoms with Gasteiger partial charge in [0.2, 0.25) is 0 Å². The molecule has 2 unspecified atom stereocenters. The summed E-state index contributed by atoms with van der Waals surface area (Å²) in [5.74, 6) is 0.919. The summed E-state index contributed by atoms with van der Waals surface area (Å²) >= 11 is 0. The van der Waals surface area contributed by atoms with Crippen LogP contribution in [-0.4, -0.2) is 18.2 Å². The quantitative estimate of drug-likeness (QED) is 0.436. The number of rotatable bonds is 3. The molecule has 2 atom stereocenters. The third-order valence-corrected chi connectivity index (χ3v) is 8.79. The van der Waals surface area contributed by atoms with Gasteiger partial charge in [-0.1, -0.05) is 38.1 Å².